The molecule has 3 aliphatic rings. The van der Waals surface area contributed by atoms with E-state index in [1.165, 1.54) is 0 Å². The molecule has 2 nitrogen and oxygen atoms in total. The van der Waals surface area contributed by atoms with E-state index in [0.717, 1.165) is 24.0 Å². The average Bonchev–Trinajstić information content (AvgIpc) is 2.36. The van der Waals surface area contributed by atoms with E-state index < -0.39 is 0 Å². The Morgan fingerprint density at radius 3 is 1.56 bits per heavy atom. The van der Waals surface area contributed by atoms with Crippen LogP contribution >= 0.6 is 0 Å². The molecule has 0 saturated heterocycles. The smallest absolute Gasteiger partial charge is 1.00 e. The molecular formula is C14H14K2O2. The maximum absolute atomic E-state index is 12.2. The van der Waals surface area contributed by atoms with E-state index in [9.17, 15) is 9.59 Å². The predicted molar refractivity (Wildman–Crippen MR) is 63.0 cm³/mol. The fourth-order valence-electron chi connectivity index (χ4n) is 2.55. The van der Waals surface area contributed by atoms with Crippen LogP contribution in [0.4, 0.5) is 0 Å². The summed E-state index contributed by atoms with van der Waals surface area (Å²) in [4.78, 5) is 24.4. The van der Waals surface area contributed by atoms with Crippen molar-refractivity contribution in [3.63, 3.8) is 0 Å². The summed E-state index contributed by atoms with van der Waals surface area (Å²) in [5.74, 6) is 0.148. The molecule has 3 rings (SSSR count). The summed E-state index contributed by atoms with van der Waals surface area (Å²) in [5.41, 5.74) is 2.73. The van der Waals surface area contributed by atoms with Crippen molar-refractivity contribution in [1.82, 2.24) is 0 Å². The van der Waals surface area contributed by atoms with Crippen molar-refractivity contribution in [2.24, 2.45) is 0 Å². The van der Waals surface area contributed by atoms with Crippen LogP contribution < -0.4 is 103 Å². The van der Waals surface area contributed by atoms with E-state index in [2.05, 4.69) is 0 Å². The summed E-state index contributed by atoms with van der Waals surface area (Å²) in [6.45, 7) is 0. The first-order chi connectivity index (χ1) is 7.79. The molecule has 0 unspecified atom stereocenters. The van der Waals surface area contributed by atoms with Gasteiger partial charge in [0.1, 0.15) is 0 Å². The van der Waals surface area contributed by atoms with Gasteiger partial charge in [-0.15, -0.1) is 0 Å². The third-order valence-electron chi connectivity index (χ3n) is 3.38. The van der Waals surface area contributed by atoms with Crippen molar-refractivity contribution in [3.8, 4) is 0 Å². The van der Waals surface area contributed by atoms with E-state index in [1.807, 2.05) is 24.3 Å². The van der Waals surface area contributed by atoms with Crippen molar-refractivity contribution in [2.75, 3.05) is 0 Å². The molecule has 0 aromatic rings. The van der Waals surface area contributed by atoms with Crippen LogP contribution in [0.25, 0.3) is 0 Å². The van der Waals surface area contributed by atoms with Crippen molar-refractivity contribution < 1.29 is 115 Å². The third kappa shape index (κ3) is 3.08. The second kappa shape index (κ2) is 7.54. The van der Waals surface area contributed by atoms with Gasteiger partial charge in [-0.3, -0.25) is 9.59 Å². The quantitative estimate of drug-likeness (QED) is 0.346. The number of hydrogen-bond acceptors (Lipinski definition) is 2. The monoisotopic (exact) mass is 292 g/mol. The summed E-state index contributed by atoms with van der Waals surface area (Å²) in [7, 11) is 0. The molecule has 4 heteroatoms. The zero-order chi connectivity index (χ0) is 11.1. The van der Waals surface area contributed by atoms with Gasteiger partial charge in [-0.1, -0.05) is 24.3 Å². The van der Waals surface area contributed by atoms with Gasteiger partial charge in [0, 0.05) is 22.3 Å². The molecule has 0 aromatic heterocycles. The van der Waals surface area contributed by atoms with Gasteiger partial charge in [-0.05, 0) is 25.7 Å². The van der Waals surface area contributed by atoms with E-state index in [1.54, 1.807) is 0 Å². The Labute approximate surface area is 195 Å². The number of Topliss-reactive ketones (excluding diaryl/α,β-unsaturated/α-hetero) is 2. The molecule has 0 aromatic carbocycles. The first-order valence-corrected chi connectivity index (χ1v) is 5.68. The Hall–Kier alpha value is 1.57. The minimum atomic E-state index is 0. The van der Waals surface area contributed by atoms with E-state index >= 15 is 0 Å². The molecule has 0 aliphatic heterocycles. The molecule has 0 bridgehead atoms. The number of hydrogen-bond donors (Lipinski definition) is 0. The summed E-state index contributed by atoms with van der Waals surface area (Å²) >= 11 is 0. The molecule has 18 heavy (non-hydrogen) atoms. The van der Waals surface area contributed by atoms with Gasteiger partial charge >= 0.3 is 103 Å². The van der Waals surface area contributed by atoms with Crippen LogP contribution in [0.15, 0.2) is 46.6 Å². The van der Waals surface area contributed by atoms with Gasteiger partial charge in [-0.2, -0.15) is 0 Å². The topological polar surface area (TPSA) is 34.1 Å². The van der Waals surface area contributed by atoms with Crippen LogP contribution in [-0.4, -0.2) is 11.6 Å². The number of carbonyl (C=O) groups excluding carboxylic acids is 2. The van der Waals surface area contributed by atoms with Crippen LogP contribution in [0, 0.1) is 0 Å². The molecule has 0 saturated carbocycles. The van der Waals surface area contributed by atoms with Gasteiger partial charge in [-0.25, -0.2) is 0 Å². The number of carbonyl (C=O) groups is 2. The zero-order valence-corrected chi connectivity index (χ0v) is 17.2. The minimum Gasteiger partial charge on any atom is -1.00 e. The van der Waals surface area contributed by atoms with Crippen molar-refractivity contribution in [1.29, 1.82) is 0 Å². The second-order valence-corrected chi connectivity index (χ2v) is 4.32. The zero-order valence-electron chi connectivity index (χ0n) is 13.0. The van der Waals surface area contributed by atoms with Gasteiger partial charge < -0.3 is 2.85 Å². The molecule has 0 fully saturated rings. The second-order valence-electron chi connectivity index (χ2n) is 4.32. The first kappa shape index (κ1) is 17.6. The summed E-state index contributed by atoms with van der Waals surface area (Å²) in [5, 5.41) is 0. The molecule has 3 aliphatic carbocycles. The Kier molecular flexibility index (Phi) is 7.39. The third-order valence-corrected chi connectivity index (χ3v) is 3.38. The number of allylic oxidation sites excluding steroid dienone is 8. The number of ketones is 2. The fraction of sp³-hybridized carbons (Fsp3) is 0.286. The minimum absolute atomic E-state index is 0. The SMILES string of the molecule is O=C1C2=C(CCC=C2)C(=O)C2=C1CCC=C2.[H-].[H-].[K+].[K+]. The molecule has 0 heterocycles. The molecule has 84 valence electrons. The maximum Gasteiger partial charge on any atom is 1.00 e. The van der Waals surface area contributed by atoms with Gasteiger partial charge in [0.15, 0.2) is 11.6 Å². The Balaban J connectivity index is 0. The van der Waals surface area contributed by atoms with Gasteiger partial charge in [0.2, 0.25) is 0 Å². The maximum atomic E-state index is 12.2. The van der Waals surface area contributed by atoms with Crippen LogP contribution in [0.1, 0.15) is 28.5 Å². The fourth-order valence-corrected chi connectivity index (χ4v) is 2.55. The summed E-state index contributed by atoms with van der Waals surface area (Å²) in [6.07, 6.45) is 10.8. The Morgan fingerprint density at radius 2 is 1.17 bits per heavy atom. The Bertz CT molecular complexity index is 483. The predicted octanol–water partition coefficient (Wildman–Crippen LogP) is -3.34. The van der Waals surface area contributed by atoms with Gasteiger partial charge in [0.05, 0.1) is 0 Å². The summed E-state index contributed by atoms with van der Waals surface area (Å²) in [6, 6.07) is 0. The first-order valence-electron chi connectivity index (χ1n) is 5.68. The van der Waals surface area contributed by atoms with Crippen LogP contribution in [0.5, 0.6) is 0 Å². The van der Waals surface area contributed by atoms with E-state index in [0.29, 0.717) is 24.0 Å². The van der Waals surface area contributed by atoms with E-state index in [4.69, 9.17) is 0 Å². The number of rotatable bonds is 0. The van der Waals surface area contributed by atoms with Crippen LogP contribution in [0.3, 0.4) is 0 Å². The normalized spacial score (nSPS) is 21.1. The molecule has 0 amide bonds. The molecule has 0 spiro atoms. The standard InChI is InChI=1S/C14H12O2.2K.2H/c15-13-9-5-1-2-6-10(9)14(16)12-8-4-3-7-11(12)13;;;;/h1,4-5,8H,2-3,6-7H2;;;;/q;2*+1;2*-1. The molecular weight excluding hydrogens is 278 g/mol. The van der Waals surface area contributed by atoms with Crippen molar-refractivity contribution in [2.45, 2.75) is 25.7 Å². The average molecular weight is 292 g/mol. The van der Waals surface area contributed by atoms with Crippen LogP contribution in [-0.2, 0) is 9.59 Å². The van der Waals surface area contributed by atoms with Gasteiger partial charge in [0.25, 0.3) is 0 Å². The van der Waals surface area contributed by atoms with Crippen molar-refractivity contribution in [3.05, 3.63) is 46.6 Å². The Morgan fingerprint density at radius 1 is 0.778 bits per heavy atom. The summed E-state index contributed by atoms with van der Waals surface area (Å²) < 4.78 is 0. The largest absolute Gasteiger partial charge is 1.00 e. The molecule has 0 atom stereocenters. The van der Waals surface area contributed by atoms with E-state index in [-0.39, 0.29) is 117 Å². The molecule has 0 radical (unpaired) electrons. The van der Waals surface area contributed by atoms with Crippen molar-refractivity contribution >= 4 is 11.6 Å². The van der Waals surface area contributed by atoms with Crippen LogP contribution in [0.2, 0.25) is 0 Å². The molecule has 0 N–H and O–H groups in total.